The van der Waals surface area contributed by atoms with Crippen LogP contribution in [0.15, 0.2) is 54.1 Å². The van der Waals surface area contributed by atoms with E-state index in [1.54, 1.807) is 20.1 Å². The molecule has 0 saturated carbocycles. The standard InChI is InChI=1S/C22H23FO3/c1-15-11-12-22(13-15,19-5-4-6-20(23)16(19)2)21(24)26-14-17-7-9-18(25-3)10-8-17/h4-10,13H,11-12,14H2,1-3H3/t22-/m0/s1. The van der Waals surface area contributed by atoms with Crippen molar-refractivity contribution < 1.29 is 18.7 Å². The van der Waals surface area contributed by atoms with Crippen LogP contribution in [0.25, 0.3) is 0 Å². The molecule has 3 nitrogen and oxygen atoms in total. The third kappa shape index (κ3) is 3.36. The molecule has 0 aromatic heterocycles. The van der Waals surface area contributed by atoms with Gasteiger partial charge in [0, 0.05) is 0 Å². The fourth-order valence-electron chi connectivity index (χ4n) is 3.53. The minimum absolute atomic E-state index is 0.172. The predicted molar refractivity (Wildman–Crippen MR) is 98.6 cm³/mol. The minimum Gasteiger partial charge on any atom is -0.497 e. The minimum atomic E-state index is -0.914. The molecule has 0 amide bonds. The van der Waals surface area contributed by atoms with Crippen LogP contribution in [0, 0.1) is 12.7 Å². The number of esters is 1. The molecule has 1 aliphatic rings. The predicted octanol–water partition coefficient (Wildman–Crippen LogP) is 4.86. The van der Waals surface area contributed by atoms with Crippen molar-refractivity contribution in [1.29, 1.82) is 0 Å². The van der Waals surface area contributed by atoms with Gasteiger partial charge in [0.25, 0.3) is 0 Å². The van der Waals surface area contributed by atoms with Crippen molar-refractivity contribution in [3.8, 4) is 5.75 Å². The van der Waals surface area contributed by atoms with Gasteiger partial charge in [-0.3, -0.25) is 4.79 Å². The zero-order valence-electron chi connectivity index (χ0n) is 15.3. The molecule has 0 heterocycles. The summed E-state index contributed by atoms with van der Waals surface area (Å²) in [5.41, 5.74) is 2.27. The van der Waals surface area contributed by atoms with Gasteiger partial charge >= 0.3 is 5.97 Å². The molecule has 2 aromatic rings. The summed E-state index contributed by atoms with van der Waals surface area (Å²) in [6.07, 6.45) is 3.34. The Bertz CT molecular complexity index is 839. The third-order valence-electron chi connectivity index (χ3n) is 5.05. The van der Waals surface area contributed by atoms with Gasteiger partial charge in [-0.15, -0.1) is 0 Å². The largest absolute Gasteiger partial charge is 0.497 e. The summed E-state index contributed by atoms with van der Waals surface area (Å²) in [7, 11) is 1.61. The molecule has 26 heavy (non-hydrogen) atoms. The summed E-state index contributed by atoms with van der Waals surface area (Å²) in [4.78, 5) is 13.1. The van der Waals surface area contributed by atoms with Gasteiger partial charge in [-0.2, -0.15) is 0 Å². The number of benzene rings is 2. The van der Waals surface area contributed by atoms with Crippen LogP contribution >= 0.6 is 0 Å². The lowest BCUT2D eigenvalue weighted by Gasteiger charge is -2.27. The zero-order chi connectivity index (χ0) is 18.7. The Morgan fingerprint density at radius 1 is 1.15 bits per heavy atom. The van der Waals surface area contributed by atoms with Crippen LogP contribution in [-0.4, -0.2) is 13.1 Å². The zero-order valence-corrected chi connectivity index (χ0v) is 15.3. The maximum absolute atomic E-state index is 14.1. The van der Waals surface area contributed by atoms with Crippen LogP contribution in [0.3, 0.4) is 0 Å². The normalized spacial score (nSPS) is 19.2. The highest BCUT2D eigenvalue weighted by Crippen LogP contribution is 2.42. The molecule has 0 fully saturated rings. The van der Waals surface area contributed by atoms with Crippen LogP contribution in [0.1, 0.15) is 36.5 Å². The average molecular weight is 354 g/mol. The van der Waals surface area contributed by atoms with E-state index in [2.05, 4.69) is 0 Å². The molecule has 3 rings (SSSR count). The van der Waals surface area contributed by atoms with E-state index in [1.807, 2.05) is 43.3 Å². The van der Waals surface area contributed by atoms with Crippen LogP contribution in [-0.2, 0) is 21.6 Å². The Hall–Kier alpha value is -2.62. The Labute approximate surface area is 153 Å². The van der Waals surface area contributed by atoms with E-state index in [0.717, 1.165) is 23.3 Å². The average Bonchev–Trinajstić information content (AvgIpc) is 3.05. The summed E-state index contributed by atoms with van der Waals surface area (Å²) >= 11 is 0. The van der Waals surface area contributed by atoms with Gasteiger partial charge in [-0.1, -0.05) is 35.9 Å². The van der Waals surface area contributed by atoms with Crippen LogP contribution in [0.5, 0.6) is 5.75 Å². The molecule has 0 bridgehead atoms. The first-order valence-electron chi connectivity index (χ1n) is 8.70. The van der Waals surface area contributed by atoms with E-state index < -0.39 is 5.41 Å². The number of allylic oxidation sites excluding steroid dienone is 1. The topological polar surface area (TPSA) is 35.5 Å². The first kappa shape index (κ1) is 18.2. The van der Waals surface area contributed by atoms with E-state index in [-0.39, 0.29) is 18.4 Å². The fourth-order valence-corrected chi connectivity index (χ4v) is 3.53. The van der Waals surface area contributed by atoms with Gasteiger partial charge in [0.15, 0.2) is 0 Å². The SMILES string of the molecule is COc1ccc(COC(=O)[C@]2(c3cccc(F)c3C)C=C(C)CC2)cc1. The van der Waals surface area contributed by atoms with Gasteiger partial charge in [0.2, 0.25) is 0 Å². The molecule has 136 valence electrons. The van der Waals surface area contributed by atoms with Gasteiger partial charge in [-0.05, 0) is 61.6 Å². The first-order chi connectivity index (χ1) is 12.5. The number of carbonyl (C=O) groups excluding carboxylic acids is 1. The molecule has 0 N–H and O–H groups in total. The molecule has 0 spiro atoms. The van der Waals surface area contributed by atoms with Gasteiger partial charge in [0.05, 0.1) is 7.11 Å². The fraction of sp³-hybridized carbons (Fsp3) is 0.318. The summed E-state index contributed by atoms with van der Waals surface area (Å²) < 4.78 is 24.9. The summed E-state index contributed by atoms with van der Waals surface area (Å²) in [6.45, 7) is 3.88. The maximum Gasteiger partial charge on any atom is 0.320 e. The van der Waals surface area contributed by atoms with Gasteiger partial charge in [0.1, 0.15) is 23.6 Å². The van der Waals surface area contributed by atoms with E-state index in [1.165, 1.54) is 6.07 Å². The number of ether oxygens (including phenoxy) is 2. The molecule has 0 radical (unpaired) electrons. The second kappa shape index (κ2) is 7.32. The highest BCUT2D eigenvalue weighted by Gasteiger charge is 2.44. The quantitative estimate of drug-likeness (QED) is 0.568. The lowest BCUT2D eigenvalue weighted by Crippen LogP contribution is -2.34. The molecule has 1 aliphatic carbocycles. The van der Waals surface area contributed by atoms with Gasteiger partial charge < -0.3 is 9.47 Å². The van der Waals surface area contributed by atoms with Crippen LogP contribution in [0.4, 0.5) is 4.39 Å². The highest BCUT2D eigenvalue weighted by molar-refractivity contribution is 5.87. The molecule has 0 unspecified atom stereocenters. The van der Waals surface area contributed by atoms with Crippen molar-refractivity contribution in [3.05, 3.63) is 76.6 Å². The van der Waals surface area contributed by atoms with E-state index in [9.17, 15) is 9.18 Å². The molecule has 0 saturated heterocycles. The van der Waals surface area contributed by atoms with Crippen molar-refractivity contribution in [2.24, 2.45) is 0 Å². The molecule has 0 aliphatic heterocycles. The van der Waals surface area contributed by atoms with E-state index in [0.29, 0.717) is 17.5 Å². The maximum atomic E-state index is 14.1. The Morgan fingerprint density at radius 2 is 1.88 bits per heavy atom. The summed E-state index contributed by atoms with van der Waals surface area (Å²) in [5.74, 6) is 0.114. The second-order valence-corrected chi connectivity index (χ2v) is 6.80. The Morgan fingerprint density at radius 3 is 2.50 bits per heavy atom. The monoisotopic (exact) mass is 354 g/mol. The number of hydrogen-bond acceptors (Lipinski definition) is 3. The third-order valence-corrected chi connectivity index (χ3v) is 5.05. The second-order valence-electron chi connectivity index (χ2n) is 6.80. The number of rotatable bonds is 5. The van der Waals surface area contributed by atoms with Crippen molar-refractivity contribution in [1.82, 2.24) is 0 Å². The van der Waals surface area contributed by atoms with E-state index >= 15 is 0 Å². The molecule has 4 heteroatoms. The number of methoxy groups -OCH3 is 1. The number of carbonyl (C=O) groups is 1. The first-order valence-corrected chi connectivity index (χ1v) is 8.70. The lowest BCUT2D eigenvalue weighted by atomic mass is 9.77. The van der Waals surface area contributed by atoms with E-state index in [4.69, 9.17) is 9.47 Å². The summed E-state index contributed by atoms with van der Waals surface area (Å²) in [5, 5.41) is 0. The van der Waals surface area contributed by atoms with Crippen molar-refractivity contribution in [2.45, 2.75) is 38.7 Å². The Balaban J connectivity index is 1.86. The lowest BCUT2D eigenvalue weighted by molar-refractivity contribution is -0.150. The summed E-state index contributed by atoms with van der Waals surface area (Å²) in [6, 6.07) is 12.3. The van der Waals surface area contributed by atoms with Crippen molar-refractivity contribution in [3.63, 3.8) is 0 Å². The smallest absolute Gasteiger partial charge is 0.320 e. The number of halogens is 1. The van der Waals surface area contributed by atoms with Gasteiger partial charge in [-0.25, -0.2) is 4.39 Å². The van der Waals surface area contributed by atoms with Crippen molar-refractivity contribution in [2.75, 3.05) is 7.11 Å². The Kier molecular flexibility index (Phi) is 5.12. The molecular weight excluding hydrogens is 331 g/mol. The molecular formula is C22H23FO3. The molecule has 1 atom stereocenters. The number of hydrogen-bond donors (Lipinski definition) is 0. The van der Waals surface area contributed by atoms with Crippen LogP contribution in [0.2, 0.25) is 0 Å². The molecule has 2 aromatic carbocycles. The van der Waals surface area contributed by atoms with Crippen LogP contribution < -0.4 is 4.74 Å². The van der Waals surface area contributed by atoms with Crippen molar-refractivity contribution >= 4 is 5.97 Å². The highest BCUT2D eigenvalue weighted by atomic mass is 19.1.